The zero-order valence-corrected chi connectivity index (χ0v) is 24.5. The monoisotopic (exact) mass is 617 g/mol. The largest absolute Gasteiger partial charge is 0.455 e. The predicted molar refractivity (Wildman–Crippen MR) is 155 cm³/mol. The van der Waals surface area contributed by atoms with E-state index in [9.17, 15) is 30.4 Å². The molecule has 1 amide bonds. The lowest BCUT2D eigenvalue weighted by Crippen LogP contribution is -2.39. The summed E-state index contributed by atoms with van der Waals surface area (Å²) in [5, 5.41) is 2.96. The molecule has 0 aliphatic carbocycles. The summed E-state index contributed by atoms with van der Waals surface area (Å²) in [4.78, 5) is 12.7. The Morgan fingerprint density at radius 3 is 2.43 bits per heavy atom. The van der Waals surface area contributed by atoms with Gasteiger partial charge in [-0.1, -0.05) is 12.1 Å². The summed E-state index contributed by atoms with van der Waals surface area (Å²) in [6.45, 7) is 1.60. The molecule has 4 aromatic rings. The number of nitrogens with zero attached hydrogens (tertiary/aromatic N) is 1. The van der Waals surface area contributed by atoms with Gasteiger partial charge in [-0.3, -0.25) is 9.52 Å². The molecule has 0 radical (unpaired) electrons. The molecule has 1 aliphatic rings. The van der Waals surface area contributed by atoms with Crippen LogP contribution in [0.1, 0.15) is 41.6 Å². The van der Waals surface area contributed by atoms with Crippen molar-refractivity contribution in [2.45, 2.75) is 30.6 Å². The highest BCUT2D eigenvalue weighted by molar-refractivity contribution is 7.92. The summed E-state index contributed by atoms with van der Waals surface area (Å²) >= 11 is 0. The minimum absolute atomic E-state index is 0.0407. The van der Waals surface area contributed by atoms with Crippen LogP contribution in [0.3, 0.4) is 0 Å². The molecule has 1 aliphatic heterocycles. The highest BCUT2D eigenvalue weighted by Gasteiger charge is 2.34. The Hall–Kier alpha value is -3.81. The van der Waals surface area contributed by atoms with Crippen LogP contribution < -0.4 is 10.0 Å². The average Bonchev–Trinajstić information content (AvgIpc) is 3.35. The molecule has 2 N–H and O–H groups in total. The van der Waals surface area contributed by atoms with Gasteiger partial charge in [0, 0.05) is 37.2 Å². The first-order valence-corrected chi connectivity index (χ1v) is 16.4. The van der Waals surface area contributed by atoms with Gasteiger partial charge in [-0.2, -0.15) is 4.31 Å². The molecule has 0 spiro atoms. The SMILES string of the molecule is CCS(=O)(=O)Nc1cc2oc(-c3ccc(F)cc3)c(C(=O)NC)c2cc1[C@@H]1CCCN(S(=O)(=O)c2ccccc2F)C1. The van der Waals surface area contributed by atoms with Crippen LogP contribution in [-0.2, 0) is 20.0 Å². The van der Waals surface area contributed by atoms with E-state index in [1.807, 2.05) is 0 Å². The van der Waals surface area contributed by atoms with E-state index in [4.69, 9.17) is 4.42 Å². The molecule has 1 atom stereocenters. The Kier molecular flexibility index (Phi) is 8.10. The topological polar surface area (TPSA) is 126 Å². The molecule has 0 bridgehead atoms. The van der Waals surface area contributed by atoms with Crippen LogP contribution in [0.4, 0.5) is 14.5 Å². The number of nitrogens with one attached hydrogen (secondary N) is 2. The van der Waals surface area contributed by atoms with Crippen molar-refractivity contribution in [2.75, 3.05) is 30.6 Å². The van der Waals surface area contributed by atoms with Gasteiger partial charge in [-0.25, -0.2) is 25.6 Å². The number of halogens is 2. The van der Waals surface area contributed by atoms with E-state index in [0.717, 1.165) is 6.07 Å². The van der Waals surface area contributed by atoms with Gasteiger partial charge in [0.1, 0.15) is 27.9 Å². The Balaban J connectivity index is 1.66. The zero-order valence-electron chi connectivity index (χ0n) is 22.9. The lowest BCUT2D eigenvalue weighted by atomic mass is 9.89. The summed E-state index contributed by atoms with van der Waals surface area (Å²) in [5.41, 5.74) is 1.45. The number of carbonyl (C=O) groups excluding carboxylic acids is 1. The van der Waals surface area contributed by atoms with Gasteiger partial charge in [-0.15, -0.1) is 0 Å². The van der Waals surface area contributed by atoms with Crippen molar-refractivity contribution in [2.24, 2.45) is 0 Å². The van der Waals surface area contributed by atoms with Crippen LogP contribution in [0, 0.1) is 11.6 Å². The number of benzene rings is 3. The maximum absolute atomic E-state index is 14.5. The molecule has 42 heavy (non-hydrogen) atoms. The quantitative estimate of drug-likeness (QED) is 0.285. The van der Waals surface area contributed by atoms with Gasteiger partial charge in [0.25, 0.3) is 5.91 Å². The molecule has 1 fully saturated rings. The molecule has 1 saturated heterocycles. The third-order valence-electron chi connectivity index (χ3n) is 7.34. The number of amides is 1. The van der Waals surface area contributed by atoms with E-state index in [0.29, 0.717) is 29.4 Å². The molecule has 0 unspecified atom stereocenters. The maximum atomic E-state index is 14.5. The van der Waals surface area contributed by atoms with Crippen LogP contribution >= 0.6 is 0 Å². The van der Waals surface area contributed by atoms with E-state index in [2.05, 4.69) is 10.0 Å². The van der Waals surface area contributed by atoms with Gasteiger partial charge in [0.2, 0.25) is 20.0 Å². The number of fused-ring (bicyclic) bond motifs is 1. The average molecular weight is 618 g/mol. The van der Waals surface area contributed by atoms with Crippen LogP contribution in [0.25, 0.3) is 22.3 Å². The van der Waals surface area contributed by atoms with Crippen molar-refractivity contribution in [3.63, 3.8) is 0 Å². The van der Waals surface area contributed by atoms with Gasteiger partial charge in [-0.05, 0) is 73.7 Å². The van der Waals surface area contributed by atoms with Crippen LogP contribution in [0.2, 0.25) is 0 Å². The van der Waals surface area contributed by atoms with Crippen molar-refractivity contribution in [3.05, 3.63) is 83.4 Å². The fourth-order valence-corrected chi connectivity index (χ4v) is 7.43. The summed E-state index contributed by atoms with van der Waals surface area (Å²) < 4.78 is 90.1. The number of anilines is 1. The number of rotatable bonds is 8. The lowest BCUT2D eigenvalue weighted by molar-refractivity contribution is 0.0964. The summed E-state index contributed by atoms with van der Waals surface area (Å²) in [6.07, 6.45) is 0.943. The predicted octanol–water partition coefficient (Wildman–Crippen LogP) is 5.07. The van der Waals surface area contributed by atoms with Gasteiger partial charge < -0.3 is 9.73 Å². The molecule has 9 nitrogen and oxygen atoms in total. The second-order valence-electron chi connectivity index (χ2n) is 9.97. The number of carbonyl (C=O) groups is 1. The maximum Gasteiger partial charge on any atom is 0.255 e. The molecule has 13 heteroatoms. The first-order valence-electron chi connectivity index (χ1n) is 13.3. The molecule has 5 rings (SSSR count). The molecule has 222 valence electrons. The van der Waals surface area contributed by atoms with E-state index in [1.54, 1.807) is 6.07 Å². The van der Waals surface area contributed by atoms with Gasteiger partial charge in [0.15, 0.2) is 0 Å². The minimum Gasteiger partial charge on any atom is -0.455 e. The Morgan fingerprint density at radius 1 is 1.05 bits per heavy atom. The van der Waals surface area contributed by atoms with E-state index in [1.165, 1.54) is 66.8 Å². The lowest BCUT2D eigenvalue weighted by Gasteiger charge is -2.33. The molecule has 0 saturated carbocycles. The van der Waals surface area contributed by atoms with Crippen LogP contribution in [-0.4, -0.2) is 52.9 Å². The number of furan rings is 1. The molecule has 1 aromatic heterocycles. The van der Waals surface area contributed by atoms with E-state index < -0.39 is 48.4 Å². The summed E-state index contributed by atoms with van der Waals surface area (Å²) in [5.74, 6) is -2.36. The van der Waals surface area contributed by atoms with Gasteiger partial charge >= 0.3 is 0 Å². The third-order valence-corrected chi connectivity index (χ3v) is 10.5. The number of hydrogen-bond acceptors (Lipinski definition) is 6. The fraction of sp³-hybridized carbons (Fsp3) is 0.276. The highest BCUT2D eigenvalue weighted by Crippen LogP contribution is 2.41. The van der Waals surface area contributed by atoms with Crippen LogP contribution in [0.5, 0.6) is 0 Å². The summed E-state index contributed by atoms with van der Waals surface area (Å²) in [6, 6.07) is 13.6. The highest BCUT2D eigenvalue weighted by atomic mass is 32.2. The fourth-order valence-electron chi connectivity index (χ4n) is 5.19. The Bertz CT molecular complexity index is 1870. The Labute approximate surface area is 242 Å². The van der Waals surface area contributed by atoms with Crippen molar-refractivity contribution in [3.8, 4) is 11.3 Å². The van der Waals surface area contributed by atoms with E-state index >= 15 is 0 Å². The summed E-state index contributed by atoms with van der Waals surface area (Å²) in [7, 11) is -6.50. The van der Waals surface area contributed by atoms with E-state index in [-0.39, 0.29) is 41.4 Å². The van der Waals surface area contributed by atoms with Crippen molar-refractivity contribution in [1.29, 1.82) is 0 Å². The smallest absolute Gasteiger partial charge is 0.255 e. The third kappa shape index (κ3) is 5.63. The normalized spacial score (nSPS) is 16.4. The van der Waals surface area contributed by atoms with Gasteiger partial charge in [0.05, 0.1) is 17.0 Å². The number of sulfonamides is 2. The second-order valence-corrected chi connectivity index (χ2v) is 13.9. The molecule has 2 heterocycles. The molecular formula is C29H29F2N3O6S2. The molecule has 3 aromatic carbocycles. The zero-order chi connectivity index (χ0) is 30.2. The van der Waals surface area contributed by atoms with Crippen LogP contribution in [0.15, 0.2) is 70.0 Å². The number of hydrogen-bond donors (Lipinski definition) is 2. The van der Waals surface area contributed by atoms with Crippen molar-refractivity contribution >= 4 is 42.6 Å². The van der Waals surface area contributed by atoms with Crippen molar-refractivity contribution in [1.82, 2.24) is 9.62 Å². The first-order chi connectivity index (χ1) is 19.9. The Morgan fingerprint density at radius 2 is 1.76 bits per heavy atom. The first kappa shape index (κ1) is 29.7. The molecular weight excluding hydrogens is 588 g/mol. The standard InChI is InChI=1S/C29H29F2N3O6S2/c1-3-41(36,37)33-24-16-25-22(27(29(35)32-2)28(40-25)18-10-12-20(30)13-11-18)15-21(24)19-7-6-14-34(17-19)42(38,39)26-9-5-4-8-23(26)31/h4-5,8-13,15-16,19,33H,3,6-7,14,17H2,1-2H3,(H,32,35)/t19-/m1/s1. The number of piperidine rings is 1. The minimum atomic E-state index is -4.18. The van der Waals surface area contributed by atoms with Crippen molar-refractivity contribution < 1.29 is 34.8 Å². The second kappa shape index (κ2) is 11.5.